The fraction of sp³-hybridized carbons (Fsp3) is 0.500. The number of halogens is 3. The third-order valence-electron chi connectivity index (χ3n) is 7.35. The molecule has 2 aliphatic rings. The van der Waals surface area contributed by atoms with Crippen LogP contribution in [0.4, 0.5) is 18.9 Å². The van der Waals surface area contributed by atoms with Gasteiger partial charge in [-0.2, -0.15) is 23.5 Å². The van der Waals surface area contributed by atoms with Crippen LogP contribution in [-0.4, -0.2) is 52.2 Å². The molecule has 0 saturated carbocycles. The standard InChI is InChI=1S/C24H27F3N6O2/c1-3-33-15(2)18(13-30-33)22(35)32-14-23(11-20(32)21(29)34)6-8-31(9-7-23)17-5-4-16(12-28)19(10-17)24(25,26)27/h4-5,10,13,20H,3,6-9,11,14H2,1-2H3,(H2,29,34). The van der Waals surface area contributed by atoms with Gasteiger partial charge in [0.1, 0.15) is 6.04 Å². The molecule has 1 aromatic carbocycles. The Morgan fingerprint density at radius 1 is 1.29 bits per heavy atom. The van der Waals surface area contributed by atoms with E-state index in [9.17, 15) is 22.8 Å². The van der Waals surface area contributed by atoms with Crippen LogP contribution in [0.2, 0.25) is 0 Å². The number of alkyl halides is 3. The van der Waals surface area contributed by atoms with Crippen molar-refractivity contribution in [2.24, 2.45) is 11.1 Å². The molecule has 35 heavy (non-hydrogen) atoms. The van der Waals surface area contributed by atoms with Crippen molar-refractivity contribution in [3.8, 4) is 6.07 Å². The Morgan fingerprint density at radius 3 is 2.51 bits per heavy atom. The molecule has 0 aliphatic carbocycles. The van der Waals surface area contributed by atoms with Gasteiger partial charge in [0.25, 0.3) is 5.91 Å². The molecule has 11 heteroatoms. The van der Waals surface area contributed by atoms with E-state index in [0.717, 1.165) is 11.8 Å². The summed E-state index contributed by atoms with van der Waals surface area (Å²) in [6.07, 6.45) is -1.51. The van der Waals surface area contributed by atoms with Crippen molar-refractivity contribution in [1.82, 2.24) is 14.7 Å². The second-order valence-corrected chi connectivity index (χ2v) is 9.34. The second-order valence-electron chi connectivity index (χ2n) is 9.34. The molecule has 1 spiro atoms. The SMILES string of the molecule is CCn1ncc(C(=O)N2CC3(CCN(c4ccc(C#N)c(C(F)(F)F)c4)CC3)CC2C(N)=O)c1C. The summed E-state index contributed by atoms with van der Waals surface area (Å²) < 4.78 is 41.9. The number of rotatable bonds is 4. The third kappa shape index (κ3) is 4.45. The number of nitrogens with zero attached hydrogens (tertiary/aromatic N) is 5. The Labute approximate surface area is 201 Å². The number of nitriles is 1. The number of likely N-dealkylation sites (tertiary alicyclic amines) is 1. The number of aromatic nitrogens is 2. The molecule has 2 aromatic rings. The average molecular weight is 489 g/mol. The van der Waals surface area contributed by atoms with Crippen molar-refractivity contribution in [3.63, 3.8) is 0 Å². The van der Waals surface area contributed by atoms with E-state index in [-0.39, 0.29) is 11.3 Å². The number of hydrogen-bond donors (Lipinski definition) is 1. The molecule has 8 nitrogen and oxygen atoms in total. The monoisotopic (exact) mass is 488 g/mol. The zero-order valence-corrected chi connectivity index (χ0v) is 19.6. The second kappa shape index (κ2) is 8.91. The zero-order valence-electron chi connectivity index (χ0n) is 19.6. The molecular weight excluding hydrogens is 461 g/mol. The maximum Gasteiger partial charge on any atom is 0.417 e. The lowest BCUT2D eigenvalue weighted by atomic mass is 9.76. The van der Waals surface area contributed by atoms with E-state index in [1.165, 1.54) is 23.2 Å². The van der Waals surface area contributed by atoms with E-state index in [4.69, 9.17) is 11.0 Å². The number of anilines is 1. The summed E-state index contributed by atoms with van der Waals surface area (Å²) in [5.41, 5.74) is 5.51. The molecule has 186 valence electrons. The predicted octanol–water partition coefficient (Wildman–Crippen LogP) is 3.09. The lowest BCUT2D eigenvalue weighted by Gasteiger charge is -2.40. The molecule has 2 aliphatic heterocycles. The quantitative estimate of drug-likeness (QED) is 0.712. The number of carbonyl (C=O) groups is 2. The number of nitrogens with two attached hydrogens (primary N) is 1. The first-order chi connectivity index (χ1) is 16.5. The van der Waals surface area contributed by atoms with Gasteiger partial charge in [-0.3, -0.25) is 14.3 Å². The summed E-state index contributed by atoms with van der Waals surface area (Å²) in [4.78, 5) is 29.0. The van der Waals surface area contributed by atoms with Crippen LogP contribution in [0.15, 0.2) is 24.4 Å². The van der Waals surface area contributed by atoms with Gasteiger partial charge >= 0.3 is 6.18 Å². The normalized spacial score (nSPS) is 19.7. The van der Waals surface area contributed by atoms with Crippen LogP contribution in [0.1, 0.15) is 53.4 Å². The van der Waals surface area contributed by atoms with Gasteiger partial charge in [0.2, 0.25) is 5.91 Å². The lowest BCUT2D eigenvalue weighted by molar-refractivity contribution is -0.137. The average Bonchev–Trinajstić information content (AvgIpc) is 3.39. The predicted molar refractivity (Wildman–Crippen MR) is 121 cm³/mol. The highest BCUT2D eigenvalue weighted by molar-refractivity contribution is 5.98. The lowest BCUT2D eigenvalue weighted by Crippen LogP contribution is -2.44. The van der Waals surface area contributed by atoms with Gasteiger partial charge in [0.05, 0.1) is 29.0 Å². The van der Waals surface area contributed by atoms with Crippen LogP contribution in [0.25, 0.3) is 0 Å². The van der Waals surface area contributed by atoms with E-state index in [1.54, 1.807) is 17.7 Å². The van der Waals surface area contributed by atoms with Crippen LogP contribution in [0, 0.1) is 23.7 Å². The Hall–Kier alpha value is -3.55. The van der Waals surface area contributed by atoms with Crippen molar-refractivity contribution < 1.29 is 22.8 Å². The van der Waals surface area contributed by atoms with Gasteiger partial charge < -0.3 is 15.5 Å². The minimum atomic E-state index is -4.62. The fourth-order valence-electron chi connectivity index (χ4n) is 5.32. The Morgan fingerprint density at radius 2 is 1.97 bits per heavy atom. The maximum atomic E-state index is 13.4. The Balaban J connectivity index is 1.53. The smallest absolute Gasteiger partial charge is 0.371 e. The first kappa shape index (κ1) is 24.6. The van der Waals surface area contributed by atoms with Crippen molar-refractivity contribution in [1.29, 1.82) is 5.26 Å². The first-order valence-corrected chi connectivity index (χ1v) is 11.5. The summed E-state index contributed by atoms with van der Waals surface area (Å²) >= 11 is 0. The van der Waals surface area contributed by atoms with E-state index in [0.29, 0.717) is 56.7 Å². The fourth-order valence-corrected chi connectivity index (χ4v) is 5.32. The number of carbonyl (C=O) groups excluding carboxylic acids is 2. The van der Waals surface area contributed by atoms with Crippen molar-refractivity contribution >= 4 is 17.5 Å². The largest absolute Gasteiger partial charge is 0.417 e. The van der Waals surface area contributed by atoms with E-state index < -0.39 is 29.3 Å². The van der Waals surface area contributed by atoms with Gasteiger partial charge in [-0.15, -0.1) is 0 Å². The minimum absolute atomic E-state index is 0.285. The molecule has 1 unspecified atom stereocenters. The van der Waals surface area contributed by atoms with E-state index >= 15 is 0 Å². The highest BCUT2D eigenvalue weighted by Gasteiger charge is 2.49. The molecule has 2 amide bonds. The molecule has 2 N–H and O–H groups in total. The summed E-state index contributed by atoms with van der Waals surface area (Å²) in [5, 5.41) is 13.3. The highest BCUT2D eigenvalue weighted by Crippen LogP contribution is 2.45. The van der Waals surface area contributed by atoms with Gasteiger partial charge in [-0.05, 0) is 56.7 Å². The zero-order chi connectivity index (χ0) is 25.5. The molecule has 0 radical (unpaired) electrons. The summed E-state index contributed by atoms with van der Waals surface area (Å²) in [6, 6.07) is 4.59. The Bertz CT molecular complexity index is 1190. The number of amides is 2. The molecule has 0 bridgehead atoms. The van der Waals surface area contributed by atoms with E-state index in [1.807, 2.05) is 11.8 Å². The van der Waals surface area contributed by atoms with E-state index in [2.05, 4.69) is 5.10 Å². The summed E-state index contributed by atoms with van der Waals surface area (Å²) in [6.45, 7) is 5.62. The minimum Gasteiger partial charge on any atom is -0.371 e. The number of piperidine rings is 1. The Kier molecular flexibility index (Phi) is 6.25. The van der Waals surface area contributed by atoms with Gasteiger partial charge in [0.15, 0.2) is 0 Å². The summed E-state index contributed by atoms with van der Waals surface area (Å²) in [5.74, 6) is -0.854. The van der Waals surface area contributed by atoms with Crippen LogP contribution >= 0.6 is 0 Å². The van der Waals surface area contributed by atoms with Gasteiger partial charge in [0, 0.05) is 37.6 Å². The van der Waals surface area contributed by atoms with Crippen LogP contribution < -0.4 is 10.6 Å². The van der Waals surface area contributed by atoms with Crippen molar-refractivity contribution in [2.75, 3.05) is 24.5 Å². The molecule has 2 fully saturated rings. The first-order valence-electron chi connectivity index (χ1n) is 11.5. The highest BCUT2D eigenvalue weighted by atomic mass is 19.4. The molecule has 3 heterocycles. The maximum absolute atomic E-state index is 13.4. The number of hydrogen-bond acceptors (Lipinski definition) is 5. The van der Waals surface area contributed by atoms with Crippen molar-refractivity contribution in [2.45, 2.75) is 51.9 Å². The molecular formula is C24H27F3N6O2. The van der Waals surface area contributed by atoms with Gasteiger partial charge in [-0.1, -0.05) is 0 Å². The van der Waals surface area contributed by atoms with Crippen LogP contribution in [-0.2, 0) is 17.5 Å². The molecule has 1 aromatic heterocycles. The van der Waals surface area contributed by atoms with Crippen molar-refractivity contribution in [3.05, 3.63) is 46.8 Å². The number of benzene rings is 1. The molecule has 4 rings (SSSR count). The van der Waals surface area contributed by atoms with Gasteiger partial charge in [-0.25, -0.2) is 0 Å². The molecule has 1 atom stereocenters. The number of aryl methyl sites for hydroxylation is 1. The molecule has 2 saturated heterocycles. The topological polar surface area (TPSA) is 108 Å². The van der Waals surface area contributed by atoms with Crippen LogP contribution in [0.5, 0.6) is 0 Å². The summed E-state index contributed by atoms with van der Waals surface area (Å²) in [7, 11) is 0. The third-order valence-corrected chi connectivity index (χ3v) is 7.35. The van der Waals surface area contributed by atoms with Crippen LogP contribution in [0.3, 0.4) is 0 Å². The number of primary amides is 1.